The van der Waals surface area contributed by atoms with Crippen molar-refractivity contribution in [3.63, 3.8) is 0 Å². The highest BCUT2D eigenvalue weighted by atomic mass is 16.3. The molecule has 0 atom stereocenters. The Morgan fingerprint density at radius 1 is 0.298 bits per heavy atom. The fraction of sp³-hybridized carbons (Fsp3) is 0. The van der Waals surface area contributed by atoms with Gasteiger partial charge in [-0.25, -0.2) is 0 Å². The molecule has 0 bridgehead atoms. The molecule has 0 aliphatic carbocycles. The van der Waals surface area contributed by atoms with Crippen LogP contribution in [0.5, 0.6) is 0 Å². The Morgan fingerprint density at radius 3 is 1.28 bits per heavy atom. The Morgan fingerprint density at radius 2 is 0.737 bits per heavy atom. The summed E-state index contributed by atoms with van der Waals surface area (Å²) < 4.78 is 8.67. The normalized spacial score (nSPS) is 11.5. The van der Waals surface area contributed by atoms with Gasteiger partial charge in [0.1, 0.15) is 11.2 Å². The molecule has 0 unspecified atom stereocenters. The molecule has 3 heteroatoms. The molecule has 0 saturated carbocycles. The van der Waals surface area contributed by atoms with Crippen molar-refractivity contribution < 1.29 is 4.42 Å². The Labute approximate surface area is 330 Å². The van der Waals surface area contributed by atoms with E-state index in [0.29, 0.717) is 0 Å². The highest BCUT2D eigenvalue weighted by Gasteiger charge is 2.19. The topological polar surface area (TPSA) is 21.3 Å². The molecule has 2 heterocycles. The average molecular weight is 729 g/mol. The van der Waals surface area contributed by atoms with Crippen molar-refractivity contribution >= 4 is 60.8 Å². The lowest BCUT2D eigenvalue weighted by Crippen LogP contribution is -2.09. The number of nitrogens with zero attached hydrogens (tertiary/aromatic N) is 2. The van der Waals surface area contributed by atoms with Crippen molar-refractivity contribution in [2.75, 3.05) is 4.90 Å². The summed E-state index contributed by atoms with van der Waals surface area (Å²) in [6, 6.07) is 78.0. The first kappa shape index (κ1) is 32.8. The summed E-state index contributed by atoms with van der Waals surface area (Å²) in [6.45, 7) is 0. The van der Waals surface area contributed by atoms with Gasteiger partial charge in [-0.05, 0) is 106 Å². The number of fused-ring (bicyclic) bond motifs is 7. The first-order valence-corrected chi connectivity index (χ1v) is 19.4. The lowest BCUT2D eigenvalue weighted by atomic mass is 10.0. The quantitative estimate of drug-likeness (QED) is 0.163. The molecular weight excluding hydrogens is 693 g/mol. The van der Waals surface area contributed by atoms with E-state index < -0.39 is 0 Å². The lowest BCUT2D eigenvalue weighted by molar-refractivity contribution is 0.669. The maximum absolute atomic E-state index is 6.29. The van der Waals surface area contributed by atoms with E-state index in [-0.39, 0.29) is 0 Å². The molecule has 2 aromatic heterocycles. The predicted octanol–water partition coefficient (Wildman–Crippen LogP) is 15.2. The van der Waals surface area contributed by atoms with Crippen LogP contribution in [0.2, 0.25) is 0 Å². The van der Waals surface area contributed by atoms with Crippen LogP contribution in [0.25, 0.3) is 82.8 Å². The van der Waals surface area contributed by atoms with Gasteiger partial charge in [-0.1, -0.05) is 146 Å². The van der Waals surface area contributed by atoms with Gasteiger partial charge in [0.05, 0.1) is 11.0 Å². The Bertz CT molecular complexity index is 3100. The van der Waals surface area contributed by atoms with Gasteiger partial charge in [0.2, 0.25) is 0 Å². The van der Waals surface area contributed by atoms with E-state index in [9.17, 15) is 0 Å². The molecule has 0 spiro atoms. The number of hydrogen-bond donors (Lipinski definition) is 0. The highest BCUT2D eigenvalue weighted by Crippen LogP contribution is 2.42. The van der Waals surface area contributed by atoms with Crippen LogP contribution >= 0.6 is 0 Å². The lowest BCUT2D eigenvalue weighted by Gasteiger charge is -2.26. The van der Waals surface area contributed by atoms with E-state index in [1.165, 1.54) is 55.0 Å². The SMILES string of the molecule is c1ccc(-c2ccc(N(c3ccc(-c4ccccc4)cc3)c3ccc(-c4ccc(-n5c6ccccc6c6c7c(ccc65)oc5ccccc57)cc4)cc3)cc2)cc1. The van der Waals surface area contributed by atoms with Crippen LogP contribution in [0.3, 0.4) is 0 Å². The molecule has 0 N–H and O–H groups in total. The summed E-state index contributed by atoms with van der Waals surface area (Å²) in [5.41, 5.74) is 15.7. The van der Waals surface area contributed by atoms with E-state index >= 15 is 0 Å². The molecular formula is C54H36N2O. The average Bonchev–Trinajstić information content (AvgIpc) is 3.84. The summed E-state index contributed by atoms with van der Waals surface area (Å²) in [6.07, 6.45) is 0. The summed E-state index contributed by atoms with van der Waals surface area (Å²) >= 11 is 0. The molecule has 11 rings (SSSR count). The van der Waals surface area contributed by atoms with Crippen molar-refractivity contribution in [3.05, 3.63) is 218 Å². The minimum atomic E-state index is 0.914. The summed E-state index contributed by atoms with van der Waals surface area (Å²) in [5.74, 6) is 0. The third-order valence-electron chi connectivity index (χ3n) is 11.2. The minimum absolute atomic E-state index is 0.914. The third kappa shape index (κ3) is 5.68. The standard InChI is InChI=1S/C54H36N2O/c1-3-11-37(12-4-1)39-19-27-43(28-20-39)55(44-29-21-40(22-30-44)38-13-5-2-6-14-38)45-31-23-41(24-32-45)42-25-33-46(34-26-42)56-49-17-9-7-15-47(49)53-50(56)35-36-52-54(53)48-16-8-10-18-51(48)57-52/h1-36H. The first-order valence-electron chi connectivity index (χ1n) is 19.4. The molecule has 0 radical (unpaired) electrons. The van der Waals surface area contributed by atoms with Crippen molar-refractivity contribution in [1.82, 2.24) is 4.57 Å². The molecule has 9 aromatic carbocycles. The molecule has 0 aliphatic heterocycles. The van der Waals surface area contributed by atoms with Crippen molar-refractivity contribution in [2.45, 2.75) is 0 Å². The second-order valence-electron chi connectivity index (χ2n) is 14.5. The molecule has 11 aromatic rings. The van der Waals surface area contributed by atoms with Crippen LogP contribution in [-0.4, -0.2) is 4.57 Å². The van der Waals surface area contributed by atoms with E-state index in [0.717, 1.165) is 44.9 Å². The summed E-state index contributed by atoms with van der Waals surface area (Å²) in [4.78, 5) is 2.33. The predicted molar refractivity (Wildman–Crippen MR) is 239 cm³/mol. The van der Waals surface area contributed by atoms with Crippen LogP contribution in [-0.2, 0) is 0 Å². The van der Waals surface area contributed by atoms with Crippen LogP contribution in [0.4, 0.5) is 17.1 Å². The van der Waals surface area contributed by atoms with E-state index in [1.807, 2.05) is 6.07 Å². The van der Waals surface area contributed by atoms with Crippen LogP contribution in [0.1, 0.15) is 0 Å². The molecule has 0 amide bonds. The van der Waals surface area contributed by atoms with Crippen LogP contribution in [0, 0.1) is 0 Å². The Kier molecular flexibility index (Phi) is 7.82. The Hall–Kier alpha value is -7.62. The maximum atomic E-state index is 6.29. The van der Waals surface area contributed by atoms with Crippen molar-refractivity contribution in [1.29, 1.82) is 0 Å². The van der Waals surface area contributed by atoms with Gasteiger partial charge in [0, 0.05) is 44.3 Å². The highest BCUT2D eigenvalue weighted by molar-refractivity contribution is 6.27. The zero-order chi connectivity index (χ0) is 37.7. The molecule has 0 fully saturated rings. The number of anilines is 3. The maximum Gasteiger partial charge on any atom is 0.136 e. The molecule has 0 saturated heterocycles. The van der Waals surface area contributed by atoms with E-state index in [4.69, 9.17) is 4.42 Å². The second-order valence-corrected chi connectivity index (χ2v) is 14.5. The summed E-state index contributed by atoms with van der Waals surface area (Å²) in [7, 11) is 0. The number of benzene rings is 9. The van der Waals surface area contributed by atoms with E-state index in [2.05, 4.69) is 222 Å². The first-order chi connectivity index (χ1) is 28.3. The largest absolute Gasteiger partial charge is 0.456 e. The third-order valence-corrected chi connectivity index (χ3v) is 11.2. The molecule has 3 nitrogen and oxygen atoms in total. The van der Waals surface area contributed by atoms with E-state index in [1.54, 1.807) is 0 Å². The number of furan rings is 1. The second kappa shape index (κ2) is 13.6. The number of aromatic nitrogens is 1. The van der Waals surface area contributed by atoms with Crippen molar-refractivity contribution in [3.8, 4) is 39.1 Å². The number of hydrogen-bond acceptors (Lipinski definition) is 2. The summed E-state index contributed by atoms with van der Waals surface area (Å²) in [5, 5.41) is 4.76. The zero-order valence-electron chi connectivity index (χ0n) is 31.1. The van der Waals surface area contributed by atoms with Gasteiger partial charge >= 0.3 is 0 Å². The smallest absolute Gasteiger partial charge is 0.136 e. The van der Waals surface area contributed by atoms with Gasteiger partial charge in [-0.15, -0.1) is 0 Å². The van der Waals surface area contributed by atoms with Gasteiger partial charge in [-0.3, -0.25) is 0 Å². The molecule has 268 valence electrons. The fourth-order valence-electron chi connectivity index (χ4n) is 8.47. The van der Waals surface area contributed by atoms with Gasteiger partial charge in [0.15, 0.2) is 0 Å². The van der Waals surface area contributed by atoms with Gasteiger partial charge in [0.25, 0.3) is 0 Å². The Balaban J connectivity index is 0.950. The monoisotopic (exact) mass is 728 g/mol. The van der Waals surface area contributed by atoms with Crippen LogP contribution in [0.15, 0.2) is 223 Å². The molecule has 57 heavy (non-hydrogen) atoms. The van der Waals surface area contributed by atoms with Gasteiger partial charge in [-0.2, -0.15) is 0 Å². The van der Waals surface area contributed by atoms with Crippen LogP contribution < -0.4 is 4.90 Å². The van der Waals surface area contributed by atoms with Crippen molar-refractivity contribution in [2.24, 2.45) is 0 Å². The fourth-order valence-corrected chi connectivity index (χ4v) is 8.47. The number of para-hydroxylation sites is 2. The minimum Gasteiger partial charge on any atom is -0.456 e. The molecule has 0 aliphatic rings. The zero-order valence-corrected chi connectivity index (χ0v) is 31.1. The number of rotatable bonds is 7. The van der Waals surface area contributed by atoms with Gasteiger partial charge < -0.3 is 13.9 Å².